The zero-order valence-electron chi connectivity index (χ0n) is 18.6. The van der Waals surface area contributed by atoms with E-state index in [1.807, 2.05) is 24.3 Å². The molecule has 0 amide bonds. The Kier molecular flexibility index (Phi) is 5.32. The molecular formula is C24H18F3N5O2S. The van der Waals surface area contributed by atoms with Gasteiger partial charge in [-0.1, -0.05) is 31.2 Å². The fraction of sp³-hybridized carbons (Fsp3) is 0.167. The van der Waals surface area contributed by atoms with Gasteiger partial charge in [0.15, 0.2) is 15.7 Å². The van der Waals surface area contributed by atoms with Crippen LogP contribution in [0.1, 0.15) is 12.6 Å². The van der Waals surface area contributed by atoms with E-state index in [0.29, 0.717) is 16.6 Å². The number of hydrogen-bond acceptors (Lipinski definition) is 6. The molecule has 0 spiro atoms. The number of aryl methyl sites for hydroxylation is 1. The molecule has 0 saturated heterocycles. The molecule has 0 bridgehead atoms. The number of benzene rings is 1. The Morgan fingerprint density at radius 1 is 1.00 bits per heavy atom. The van der Waals surface area contributed by atoms with Crippen molar-refractivity contribution < 1.29 is 21.6 Å². The fourth-order valence-electron chi connectivity index (χ4n) is 3.95. The number of nitrogens with zero attached hydrogens (tertiary/aromatic N) is 5. The molecule has 1 aromatic carbocycles. The summed E-state index contributed by atoms with van der Waals surface area (Å²) in [5, 5.41) is 1.77. The Morgan fingerprint density at radius 3 is 2.51 bits per heavy atom. The van der Waals surface area contributed by atoms with Crippen molar-refractivity contribution in [1.82, 2.24) is 24.5 Å². The second-order valence-electron chi connectivity index (χ2n) is 7.93. The molecule has 0 aliphatic rings. The van der Waals surface area contributed by atoms with Crippen molar-refractivity contribution >= 4 is 31.6 Å². The number of hydrogen-bond donors (Lipinski definition) is 0. The summed E-state index contributed by atoms with van der Waals surface area (Å²) in [6.45, 7) is 1.51. The summed E-state index contributed by atoms with van der Waals surface area (Å²) in [6, 6.07) is 9.92. The fourth-order valence-corrected chi connectivity index (χ4v) is 5.01. The molecule has 7 nitrogen and oxygen atoms in total. The molecule has 0 aliphatic carbocycles. The van der Waals surface area contributed by atoms with Gasteiger partial charge in [0.05, 0.1) is 27.9 Å². The van der Waals surface area contributed by atoms with Crippen molar-refractivity contribution in [3.05, 3.63) is 66.9 Å². The van der Waals surface area contributed by atoms with Crippen molar-refractivity contribution in [3.8, 4) is 22.6 Å². The molecule has 5 rings (SSSR count). The molecule has 0 atom stereocenters. The summed E-state index contributed by atoms with van der Waals surface area (Å²) < 4.78 is 67.1. The van der Waals surface area contributed by atoms with Crippen LogP contribution in [0.3, 0.4) is 0 Å². The first-order valence-electron chi connectivity index (χ1n) is 10.6. The highest BCUT2D eigenvalue weighted by Crippen LogP contribution is 2.35. The van der Waals surface area contributed by atoms with Crippen LogP contribution in [0.2, 0.25) is 0 Å². The number of fused-ring (bicyclic) bond motifs is 2. The van der Waals surface area contributed by atoms with Gasteiger partial charge in [0, 0.05) is 42.2 Å². The van der Waals surface area contributed by atoms with Crippen molar-refractivity contribution in [2.75, 3.05) is 5.75 Å². The molecule has 11 heteroatoms. The first kappa shape index (κ1) is 22.9. The minimum absolute atomic E-state index is 0.0359. The van der Waals surface area contributed by atoms with Crippen LogP contribution in [0.15, 0.2) is 66.1 Å². The maximum Gasteiger partial charge on any atom is 0.433 e. The van der Waals surface area contributed by atoms with Crippen LogP contribution in [-0.4, -0.2) is 38.7 Å². The van der Waals surface area contributed by atoms with Gasteiger partial charge in [0.25, 0.3) is 0 Å². The second-order valence-corrected chi connectivity index (χ2v) is 10.2. The van der Waals surface area contributed by atoms with Gasteiger partial charge in [-0.3, -0.25) is 9.97 Å². The van der Waals surface area contributed by atoms with Gasteiger partial charge in [-0.25, -0.2) is 18.4 Å². The van der Waals surface area contributed by atoms with E-state index in [2.05, 4.69) is 19.9 Å². The van der Waals surface area contributed by atoms with Crippen LogP contribution in [0.4, 0.5) is 13.2 Å². The number of imidazole rings is 1. The average Bonchev–Trinajstić information content (AvgIpc) is 3.18. The maximum absolute atomic E-state index is 13.1. The number of pyridine rings is 3. The number of aromatic nitrogens is 5. The summed E-state index contributed by atoms with van der Waals surface area (Å²) in [5.41, 5.74) is 0.577. The lowest BCUT2D eigenvalue weighted by molar-refractivity contribution is -0.141. The van der Waals surface area contributed by atoms with E-state index in [9.17, 15) is 21.6 Å². The van der Waals surface area contributed by atoms with Crippen LogP contribution >= 0.6 is 0 Å². The van der Waals surface area contributed by atoms with Crippen LogP contribution in [0, 0.1) is 0 Å². The quantitative estimate of drug-likeness (QED) is 0.345. The maximum atomic E-state index is 13.1. The predicted molar refractivity (Wildman–Crippen MR) is 125 cm³/mol. The Morgan fingerprint density at radius 2 is 1.77 bits per heavy atom. The lowest BCUT2D eigenvalue weighted by atomic mass is 10.0. The van der Waals surface area contributed by atoms with Crippen molar-refractivity contribution in [2.45, 2.75) is 18.0 Å². The van der Waals surface area contributed by atoms with Crippen LogP contribution < -0.4 is 0 Å². The van der Waals surface area contributed by atoms with E-state index >= 15 is 0 Å². The molecule has 0 unspecified atom stereocenters. The Balaban J connectivity index is 1.75. The van der Waals surface area contributed by atoms with E-state index in [1.165, 1.54) is 23.8 Å². The van der Waals surface area contributed by atoms with E-state index in [-0.39, 0.29) is 27.7 Å². The predicted octanol–water partition coefficient (Wildman–Crippen LogP) is 5.06. The van der Waals surface area contributed by atoms with Gasteiger partial charge >= 0.3 is 6.18 Å². The minimum Gasteiger partial charge on any atom is -0.324 e. The zero-order chi connectivity index (χ0) is 25.0. The van der Waals surface area contributed by atoms with Gasteiger partial charge in [-0.2, -0.15) is 13.2 Å². The van der Waals surface area contributed by atoms with Gasteiger partial charge in [-0.15, -0.1) is 0 Å². The topological polar surface area (TPSA) is 90.6 Å². The highest BCUT2D eigenvalue weighted by Gasteiger charge is 2.33. The highest BCUT2D eigenvalue weighted by molar-refractivity contribution is 7.91. The van der Waals surface area contributed by atoms with Crippen molar-refractivity contribution in [1.29, 1.82) is 0 Å². The van der Waals surface area contributed by atoms with Gasteiger partial charge in [0.1, 0.15) is 11.4 Å². The second kappa shape index (κ2) is 8.12. The molecule has 4 heterocycles. The summed E-state index contributed by atoms with van der Waals surface area (Å²) >= 11 is 0. The van der Waals surface area contributed by atoms with Crippen LogP contribution in [0.5, 0.6) is 0 Å². The molecule has 0 radical (unpaired) electrons. The Hall–Kier alpha value is -3.86. The summed E-state index contributed by atoms with van der Waals surface area (Å²) in [5.74, 6) is -0.0708. The number of halogens is 3. The molecular weight excluding hydrogens is 479 g/mol. The minimum atomic E-state index is -4.63. The normalized spacial score (nSPS) is 12.5. The van der Waals surface area contributed by atoms with E-state index < -0.39 is 21.7 Å². The zero-order valence-corrected chi connectivity index (χ0v) is 19.4. The summed E-state index contributed by atoms with van der Waals surface area (Å²) in [6.07, 6.45) is 1.31. The standard InChI is InChI=1S/C24H18F3N5O2S/c1-3-35(33,34)20-8-15(17-12-28-10-14-6-4-5-7-16(14)17)11-30-22(20)23-31-18-9-21(24(25,26)27)29-13-19(18)32(23)2/h4-13H,3H2,1-2H3. The lowest BCUT2D eigenvalue weighted by Crippen LogP contribution is -2.09. The lowest BCUT2D eigenvalue weighted by Gasteiger charge is -2.12. The third kappa shape index (κ3) is 3.91. The molecule has 0 saturated carbocycles. The molecule has 0 aliphatic heterocycles. The van der Waals surface area contributed by atoms with Gasteiger partial charge in [-0.05, 0) is 17.5 Å². The first-order chi connectivity index (χ1) is 16.6. The smallest absolute Gasteiger partial charge is 0.324 e. The largest absolute Gasteiger partial charge is 0.433 e. The number of rotatable bonds is 4. The third-order valence-electron chi connectivity index (χ3n) is 5.82. The average molecular weight is 498 g/mol. The van der Waals surface area contributed by atoms with Crippen molar-refractivity contribution in [2.24, 2.45) is 7.05 Å². The van der Waals surface area contributed by atoms with E-state index in [0.717, 1.165) is 23.0 Å². The van der Waals surface area contributed by atoms with Gasteiger partial charge < -0.3 is 4.57 Å². The highest BCUT2D eigenvalue weighted by atomic mass is 32.2. The molecule has 4 aromatic heterocycles. The van der Waals surface area contributed by atoms with Crippen LogP contribution in [-0.2, 0) is 23.1 Å². The summed E-state index contributed by atoms with van der Waals surface area (Å²) in [4.78, 5) is 16.4. The monoisotopic (exact) mass is 497 g/mol. The molecule has 0 fully saturated rings. The number of alkyl halides is 3. The molecule has 178 valence electrons. The van der Waals surface area contributed by atoms with Gasteiger partial charge in [0.2, 0.25) is 0 Å². The molecule has 35 heavy (non-hydrogen) atoms. The molecule has 5 aromatic rings. The van der Waals surface area contributed by atoms with Crippen molar-refractivity contribution in [3.63, 3.8) is 0 Å². The van der Waals surface area contributed by atoms with E-state index in [4.69, 9.17) is 0 Å². The Labute approximate surface area is 198 Å². The first-order valence-corrected chi connectivity index (χ1v) is 12.2. The SMILES string of the molecule is CCS(=O)(=O)c1cc(-c2cncc3ccccc23)cnc1-c1nc2cc(C(F)(F)F)ncc2n1C. The molecule has 0 N–H and O–H groups in total. The number of sulfone groups is 1. The van der Waals surface area contributed by atoms with E-state index in [1.54, 1.807) is 19.4 Å². The van der Waals surface area contributed by atoms with Crippen LogP contribution in [0.25, 0.3) is 44.5 Å². The summed E-state index contributed by atoms with van der Waals surface area (Å²) in [7, 11) is -2.20. The Bertz CT molecular complexity index is 1710. The third-order valence-corrected chi connectivity index (χ3v) is 7.56.